The zero-order chi connectivity index (χ0) is 20.2. The summed E-state index contributed by atoms with van der Waals surface area (Å²) in [5.41, 5.74) is 2.85. The van der Waals surface area contributed by atoms with Crippen molar-refractivity contribution < 1.29 is 14.3 Å². The Hall–Kier alpha value is -3.22. The second-order valence-electron chi connectivity index (χ2n) is 7.25. The summed E-state index contributed by atoms with van der Waals surface area (Å²) in [6.45, 7) is 1.78. The molecule has 1 amide bonds. The molecule has 0 aliphatic carbocycles. The number of nitrogens with one attached hydrogen (secondary N) is 1. The van der Waals surface area contributed by atoms with Gasteiger partial charge in [0.2, 0.25) is 5.91 Å². The standard InChI is InChI=1S/C22H26N4O3/c1-28-20-10-9-16(12-21(20)29-2)24-17-6-5-11-25(13-17)22(27)14-26-15-23-18-7-3-4-8-19(18)26/h3-4,7-10,12,15,17,24H,5-6,11,13-14H2,1-2H3/t17-/m1/s1. The second-order valence-corrected chi connectivity index (χ2v) is 7.25. The van der Waals surface area contributed by atoms with Crippen LogP contribution in [0.25, 0.3) is 11.0 Å². The molecular weight excluding hydrogens is 368 g/mol. The maximum absolute atomic E-state index is 12.9. The minimum atomic E-state index is 0.118. The zero-order valence-electron chi connectivity index (χ0n) is 16.8. The van der Waals surface area contributed by atoms with E-state index in [1.54, 1.807) is 20.5 Å². The lowest BCUT2D eigenvalue weighted by molar-refractivity contribution is -0.132. The molecule has 0 bridgehead atoms. The van der Waals surface area contributed by atoms with Gasteiger partial charge in [-0.05, 0) is 37.1 Å². The molecule has 4 rings (SSSR count). The molecule has 1 aromatic heterocycles. The largest absolute Gasteiger partial charge is 0.493 e. The van der Waals surface area contributed by atoms with E-state index in [1.165, 1.54) is 0 Å². The molecule has 2 heterocycles. The number of imidazole rings is 1. The van der Waals surface area contributed by atoms with Gasteiger partial charge in [-0.3, -0.25) is 4.79 Å². The van der Waals surface area contributed by atoms with Gasteiger partial charge in [-0.25, -0.2) is 4.98 Å². The lowest BCUT2D eigenvalue weighted by atomic mass is 10.0. The van der Waals surface area contributed by atoms with Crippen LogP contribution in [0.1, 0.15) is 12.8 Å². The summed E-state index contributed by atoms with van der Waals surface area (Å²) >= 11 is 0. The van der Waals surface area contributed by atoms with Gasteiger partial charge in [-0.1, -0.05) is 12.1 Å². The monoisotopic (exact) mass is 394 g/mol. The summed E-state index contributed by atoms with van der Waals surface area (Å²) in [5.74, 6) is 1.51. The molecule has 1 N–H and O–H groups in total. The number of nitrogens with zero attached hydrogens (tertiary/aromatic N) is 3. The average Bonchev–Trinajstić information content (AvgIpc) is 3.16. The van der Waals surface area contributed by atoms with Gasteiger partial charge in [0.05, 0.1) is 31.6 Å². The van der Waals surface area contributed by atoms with Crippen molar-refractivity contribution in [1.29, 1.82) is 0 Å². The summed E-state index contributed by atoms with van der Waals surface area (Å²) < 4.78 is 12.6. The Bertz CT molecular complexity index is 1000. The number of para-hydroxylation sites is 2. The van der Waals surface area contributed by atoms with E-state index in [-0.39, 0.29) is 11.9 Å². The van der Waals surface area contributed by atoms with Crippen molar-refractivity contribution in [1.82, 2.24) is 14.5 Å². The SMILES string of the molecule is COc1ccc(N[C@@H]2CCCN(C(=O)Cn3cnc4ccccc43)C2)cc1OC. The highest BCUT2D eigenvalue weighted by Crippen LogP contribution is 2.30. The van der Waals surface area contributed by atoms with Crippen LogP contribution < -0.4 is 14.8 Å². The van der Waals surface area contributed by atoms with E-state index in [2.05, 4.69) is 10.3 Å². The second kappa shape index (κ2) is 8.43. The highest BCUT2D eigenvalue weighted by molar-refractivity contribution is 5.80. The minimum Gasteiger partial charge on any atom is -0.493 e. The van der Waals surface area contributed by atoms with Crippen molar-refractivity contribution in [3.8, 4) is 11.5 Å². The van der Waals surface area contributed by atoms with Crippen molar-refractivity contribution >= 4 is 22.6 Å². The maximum atomic E-state index is 12.9. The Labute approximate surface area is 170 Å². The number of anilines is 1. The van der Waals surface area contributed by atoms with Crippen molar-refractivity contribution in [3.05, 3.63) is 48.8 Å². The molecule has 3 aromatic rings. The molecule has 1 saturated heterocycles. The van der Waals surface area contributed by atoms with Gasteiger partial charge < -0.3 is 24.3 Å². The van der Waals surface area contributed by atoms with Crippen molar-refractivity contribution in [2.75, 3.05) is 32.6 Å². The van der Waals surface area contributed by atoms with Crippen LogP contribution in [0.15, 0.2) is 48.8 Å². The van der Waals surface area contributed by atoms with Gasteiger partial charge in [0.1, 0.15) is 6.54 Å². The molecule has 0 radical (unpaired) electrons. The molecule has 152 valence electrons. The van der Waals surface area contributed by atoms with Gasteiger partial charge in [-0.2, -0.15) is 0 Å². The van der Waals surface area contributed by atoms with Crippen LogP contribution in [0.3, 0.4) is 0 Å². The topological polar surface area (TPSA) is 68.6 Å². The van der Waals surface area contributed by atoms with Crippen LogP contribution in [0.2, 0.25) is 0 Å². The van der Waals surface area contributed by atoms with Crippen molar-refractivity contribution in [2.45, 2.75) is 25.4 Å². The molecule has 1 aliphatic heterocycles. The van der Waals surface area contributed by atoms with Crippen LogP contribution in [-0.2, 0) is 11.3 Å². The molecule has 1 aliphatic rings. The number of rotatable bonds is 6. The molecular formula is C22H26N4O3. The van der Waals surface area contributed by atoms with Crippen LogP contribution in [-0.4, -0.2) is 53.7 Å². The number of carbonyl (C=O) groups excluding carboxylic acids is 1. The number of amides is 1. The summed E-state index contributed by atoms with van der Waals surface area (Å²) in [7, 11) is 3.25. The third-order valence-electron chi connectivity index (χ3n) is 5.36. The number of ether oxygens (including phenoxy) is 2. The fraction of sp³-hybridized carbons (Fsp3) is 0.364. The quantitative estimate of drug-likeness (QED) is 0.696. The lowest BCUT2D eigenvalue weighted by Crippen LogP contribution is -2.46. The summed E-state index contributed by atoms with van der Waals surface area (Å²) in [5, 5.41) is 3.53. The first-order chi connectivity index (χ1) is 14.2. The molecule has 29 heavy (non-hydrogen) atoms. The number of piperidine rings is 1. The van der Waals surface area contributed by atoms with Gasteiger partial charge in [-0.15, -0.1) is 0 Å². The van der Waals surface area contributed by atoms with Crippen LogP contribution >= 0.6 is 0 Å². The molecule has 7 nitrogen and oxygen atoms in total. The van der Waals surface area contributed by atoms with Gasteiger partial charge >= 0.3 is 0 Å². The fourth-order valence-electron chi connectivity index (χ4n) is 3.87. The minimum absolute atomic E-state index is 0.118. The number of hydrogen-bond donors (Lipinski definition) is 1. The average molecular weight is 394 g/mol. The molecule has 0 unspecified atom stereocenters. The smallest absolute Gasteiger partial charge is 0.242 e. The number of carbonyl (C=O) groups is 1. The van der Waals surface area contributed by atoms with Gasteiger partial charge in [0.15, 0.2) is 11.5 Å². The van der Waals surface area contributed by atoms with Crippen molar-refractivity contribution in [2.24, 2.45) is 0 Å². The van der Waals surface area contributed by atoms with E-state index >= 15 is 0 Å². The molecule has 0 saturated carbocycles. The van der Waals surface area contributed by atoms with E-state index in [4.69, 9.17) is 9.47 Å². The normalized spacial score (nSPS) is 16.6. The first-order valence-corrected chi connectivity index (χ1v) is 9.84. The number of likely N-dealkylation sites (tertiary alicyclic amines) is 1. The van der Waals surface area contributed by atoms with E-state index < -0.39 is 0 Å². The highest BCUT2D eigenvalue weighted by Gasteiger charge is 2.24. The van der Waals surface area contributed by atoms with Crippen LogP contribution in [0, 0.1) is 0 Å². The molecule has 7 heteroatoms. The maximum Gasteiger partial charge on any atom is 0.242 e. The Morgan fingerprint density at radius 3 is 2.83 bits per heavy atom. The third-order valence-corrected chi connectivity index (χ3v) is 5.36. The predicted octanol–water partition coefficient (Wildman–Crippen LogP) is 3.16. The zero-order valence-corrected chi connectivity index (χ0v) is 16.8. The predicted molar refractivity (Wildman–Crippen MR) is 113 cm³/mol. The van der Waals surface area contributed by atoms with Crippen molar-refractivity contribution in [3.63, 3.8) is 0 Å². The number of hydrogen-bond acceptors (Lipinski definition) is 5. The van der Waals surface area contributed by atoms with Crippen LogP contribution in [0.4, 0.5) is 5.69 Å². The van der Waals surface area contributed by atoms with E-state index in [1.807, 2.05) is 51.9 Å². The summed E-state index contributed by atoms with van der Waals surface area (Å²) in [6, 6.07) is 13.9. The first-order valence-electron chi connectivity index (χ1n) is 9.84. The molecule has 2 aromatic carbocycles. The Morgan fingerprint density at radius 2 is 2.00 bits per heavy atom. The lowest BCUT2D eigenvalue weighted by Gasteiger charge is -2.34. The number of aromatic nitrogens is 2. The first kappa shape index (κ1) is 19.1. The third kappa shape index (κ3) is 4.13. The molecule has 0 spiro atoms. The Kier molecular flexibility index (Phi) is 5.55. The highest BCUT2D eigenvalue weighted by atomic mass is 16.5. The number of benzene rings is 2. The fourth-order valence-corrected chi connectivity index (χ4v) is 3.87. The van der Waals surface area contributed by atoms with E-state index in [9.17, 15) is 4.79 Å². The van der Waals surface area contributed by atoms with Gasteiger partial charge in [0.25, 0.3) is 0 Å². The van der Waals surface area contributed by atoms with E-state index in [0.29, 0.717) is 24.6 Å². The van der Waals surface area contributed by atoms with Gasteiger partial charge in [0, 0.05) is 30.9 Å². The van der Waals surface area contributed by atoms with Crippen LogP contribution in [0.5, 0.6) is 11.5 Å². The number of methoxy groups -OCH3 is 2. The van der Waals surface area contributed by atoms with E-state index in [0.717, 1.165) is 36.1 Å². The molecule has 1 atom stereocenters. The Morgan fingerprint density at radius 1 is 1.17 bits per heavy atom. The molecule has 1 fully saturated rings. The number of fused-ring (bicyclic) bond motifs is 1. The Balaban J connectivity index is 1.41. The summed E-state index contributed by atoms with van der Waals surface area (Å²) in [6.07, 6.45) is 3.74. The summed E-state index contributed by atoms with van der Waals surface area (Å²) in [4.78, 5) is 19.2.